The van der Waals surface area contributed by atoms with E-state index in [9.17, 15) is 19.2 Å². The molecule has 1 heterocycles. The van der Waals surface area contributed by atoms with E-state index in [0.29, 0.717) is 13.1 Å². The van der Waals surface area contributed by atoms with Crippen molar-refractivity contribution in [1.29, 1.82) is 0 Å². The molecule has 2 rings (SSSR count). The number of benzene rings is 1. The van der Waals surface area contributed by atoms with Crippen molar-refractivity contribution >= 4 is 41.1 Å². The van der Waals surface area contributed by atoms with Crippen LogP contribution < -0.4 is 10.6 Å². The third kappa shape index (κ3) is 7.43. The van der Waals surface area contributed by atoms with Crippen molar-refractivity contribution in [1.82, 2.24) is 15.5 Å². The number of carbonyl (C=O) groups is 4. The Labute approximate surface area is 180 Å². The maximum Gasteiger partial charge on any atom is 0.308 e. The number of ether oxygens (including phenoxy) is 2. The number of rotatable bonds is 8. The van der Waals surface area contributed by atoms with Crippen LogP contribution in [0.25, 0.3) is 0 Å². The molecule has 10 heteroatoms. The summed E-state index contributed by atoms with van der Waals surface area (Å²) >= 11 is 5.25. The first-order valence-corrected chi connectivity index (χ1v) is 10.0. The van der Waals surface area contributed by atoms with Crippen LogP contribution >= 0.6 is 12.2 Å². The van der Waals surface area contributed by atoms with Crippen molar-refractivity contribution in [2.75, 3.05) is 19.7 Å². The highest BCUT2D eigenvalue weighted by Gasteiger charge is 2.34. The molecule has 0 radical (unpaired) electrons. The lowest BCUT2D eigenvalue weighted by atomic mass is 10.1. The summed E-state index contributed by atoms with van der Waals surface area (Å²) in [5, 5.41) is 5.22. The van der Waals surface area contributed by atoms with Gasteiger partial charge >= 0.3 is 11.9 Å². The van der Waals surface area contributed by atoms with E-state index >= 15 is 0 Å². The average Bonchev–Trinajstić information content (AvgIpc) is 2.73. The summed E-state index contributed by atoms with van der Waals surface area (Å²) in [4.78, 5) is 49.4. The van der Waals surface area contributed by atoms with Crippen molar-refractivity contribution < 1.29 is 28.7 Å². The number of esters is 2. The Morgan fingerprint density at radius 1 is 1.17 bits per heavy atom. The monoisotopic (exact) mass is 435 g/mol. The molecule has 1 aliphatic rings. The van der Waals surface area contributed by atoms with Gasteiger partial charge in [0.05, 0.1) is 19.4 Å². The lowest BCUT2D eigenvalue weighted by Crippen LogP contribution is -2.60. The number of hydrogen-bond acceptors (Lipinski definition) is 7. The summed E-state index contributed by atoms with van der Waals surface area (Å²) in [5.74, 6) is -1.87. The molecule has 1 aromatic rings. The van der Waals surface area contributed by atoms with Crippen LogP contribution in [0.5, 0.6) is 0 Å². The van der Waals surface area contributed by atoms with Crippen LogP contribution in [0, 0.1) is 0 Å². The molecule has 2 amide bonds. The fourth-order valence-corrected chi connectivity index (χ4v) is 3.15. The molecule has 0 aromatic heterocycles. The third-order valence-corrected chi connectivity index (χ3v) is 4.64. The van der Waals surface area contributed by atoms with E-state index in [4.69, 9.17) is 21.7 Å². The fraction of sp³-hybridized carbons (Fsp3) is 0.450. The van der Waals surface area contributed by atoms with Crippen LogP contribution in [-0.2, 0) is 35.3 Å². The second-order valence-electron chi connectivity index (χ2n) is 6.51. The smallest absolute Gasteiger partial charge is 0.308 e. The van der Waals surface area contributed by atoms with Crippen LogP contribution in [0.15, 0.2) is 30.3 Å². The minimum atomic E-state index is -0.889. The van der Waals surface area contributed by atoms with Crippen LogP contribution in [0.1, 0.15) is 31.7 Å². The Bertz CT molecular complexity index is 786. The Morgan fingerprint density at radius 2 is 1.90 bits per heavy atom. The van der Waals surface area contributed by atoms with Gasteiger partial charge in [0.2, 0.25) is 11.8 Å². The highest BCUT2D eigenvalue weighted by molar-refractivity contribution is 7.80. The molecule has 0 aliphatic carbocycles. The van der Waals surface area contributed by atoms with Gasteiger partial charge in [0, 0.05) is 19.5 Å². The van der Waals surface area contributed by atoms with E-state index < -0.39 is 23.9 Å². The van der Waals surface area contributed by atoms with Gasteiger partial charge in [0.15, 0.2) is 5.11 Å². The van der Waals surface area contributed by atoms with Gasteiger partial charge in [-0.05, 0) is 24.7 Å². The quantitative estimate of drug-likeness (QED) is 0.452. The Kier molecular flexibility index (Phi) is 9.20. The summed E-state index contributed by atoms with van der Waals surface area (Å²) in [6, 6.07) is 8.30. The Morgan fingerprint density at radius 3 is 2.60 bits per heavy atom. The topological polar surface area (TPSA) is 114 Å². The van der Waals surface area contributed by atoms with Crippen molar-refractivity contribution in [3.05, 3.63) is 35.9 Å². The number of thiocarbonyl (C=S) groups is 1. The Balaban J connectivity index is 1.88. The predicted molar refractivity (Wildman–Crippen MR) is 111 cm³/mol. The van der Waals surface area contributed by atoms with Gasteiger partial charge in [-0.2, -0.15) is 0 Å². The zero-order valence-corrected chi connectivity index (χ0v) is 17.5. The van der Waals surface area contributed by atoms with Gasteiger partial charge in [-0.1, -0.05) is 30.3 Å². The highest BCUT2D eigenvalue weighted by Crippen LogP contribution is 2.12. The van der Waals surface area contributed by atoms with Gasteiger partial charge in [0.25, 0.3) is 0 Å². The number of piperazine rings is 1. The van der Waals surface area contributed by atoms with E-state index in [1.54, 1.807) is 6.92 Å². The molecule has 0 saturated carbocycles. The maximum atomic E-state index is 12.3. The molecule has 1 fully saturated rings. The van der Waals surface area contributed by atoms with Crippen molar-refractivity contribution in [2.45, 2.75) is 38.8 Å². The van der Waals surface area contributed by atoms with E-state index in [2.05, 4.69) is 10.6 Å². The number of carbonyl (C=O) groups excluding carboxylic acids is 4. The first-order chi connectivity index (χ1) is 14.4. The minimum Gasteiger partial charge on any atom is -0.466 e. The van der Waals surface area contributed by atoms with Gasteiger partial charge in [-0.15, -0.1) is 0 Å². The summed E-state index contributed by atoms with van der Waals surface area (Å²) < 4.78 is 10.0. The SMILES string of the molecule is CCOC(=O)CCC(=O)NC(=S)N1CCNC(=O)C1CC(=O)OCc1ccccc1. The molecule has 0 bridgehead atoms. The number of amides is 2. The van der Waals surface area contributed by atoms with Crippen LogP contribution in [0.3, 0.4) is 0 Å². The second kappa shape index (κ2) is 11.9. The molecule has 1 saturated heterocycles. The normalized spacial score (nSPS) is 15.7. The van der Waals surface area contributed by atoms with Crippen molar-refractivity contribution in [3.8, 4) is 0 Å². The van der Waals surface area contributed by atoms with E-state index in [-0.39, 0.29) is 43.5 Å². The Hall–Kier alpha value is -3.01. The fourth-order valence-electron chi connectivity index (χ4n) is 2.82. The summed E-state index contributed by atoms with van der Waals surface area (Å²) in [6.07, 6.45) is -0.377. The first-order valence-electron chi connectivity index (χ1n) is 9.64. The molecule has 9 nitrogen and oxygen atoms in total. The number of nitrogens with zero attached hydrogens (tertiary/aromatic N) is 1. The lowest BCUT2D eigenvalue weighted by Gasteiger charge is -2.36. The zero-order valence-electron chi connectivity index (χ0n) is 16.7. The van der Waals surface area contributed by atoms with Gasteiger partial charge in [-0.3, -0.25) is 19.2 Å². The second-order valence-corrected chi connectivity index (χ2v) is 6.90. The third-order valence-electron chi connectivity index (χ3n) is 4.30. The zero-order chi connectivity index (χ0) is 21.9. The van der Waals surface area contributed by atoms with Crippen LogP contribution in [0.2, 0.25) is 0 Å². The summed E-state index contributed by atoms with van der Waals surface area (Å²) in [7, 11) is 0. The standard InChI is InChI=1S/C20H25N3O6S/c1-2-28-17(25)9-8-16(24)22-20(30)23-11-10-21-19(27)15(23)12-18(26)29-13-14-6-4-3-5-7-14/h3-7,15H,2,8-13H2,1H3,(H,21,27)(H,22,24,30). The first kappa shape index (κ1) is 23.3. The van der Waals surface area contributed by atoms with Gasteiger partial charge in [-0.25, -0.2) is 0 Å². The molecule has 2 N–H and O–H groups in total. The van der Waals surface area contributed by atoms with Crippen LogP contribution in [0.4, 0.5) is 0 Å². The molecule has 1 unspecified atom stereocenters. The average molecular weight is 436 g/mol. The van der Waals surface area contributed by atoms with Gasteiger partial charge < -0.3 is 25.0 Å². The molecule has 1 aromatic carbocycles. The van der Waals surface area contributed by atoms with Crippen molar-refractivity contribution in [3.63, 3.8) is 0 Å². The molecule has 0 spiro atoms. The molecule has 1 atom stereocenters. The van der Waals surface area contributed by atoms with E-state index in [0.717, 1.165) is 5.56 Å². The minimum absolute atomic E-state index is 0.0274. The molecule has 1 aliphatic heterocycles. The van der Waals surface area contributed by atoms with Crippen LogP contribution in [-0.4, -0.2) is 59.5 Å². The maximum absolute atomic E-state index is 12.3. The number of nitrogens with one attached hydrogen (secondary N) is 2. The summed E-state index contributed by atoms with van der Waals surface area (Å²) in [5.41, 5.74) is 0.834. The van der Waals surface area contributed by atoms with Gasteiger partial charge in [0.1, 0.15) is 12.6 Å². The summed E-state index contributed by atoms with van der Waals surface area (Å²) in [6.45, 7) is 2.68. The lowest BCUT2D eigenvalue weighted by molar-refractivity contribution is -0.148. The molecular weight excluding hydrogens is 410 g/mol. The van der Waals surface area contributed by atoms with E-state index in [1.165, 1.54) is 4.90 Å². The molecular formula is C20H25N3O6S. The van der Waals surface area contributed by atoms with E-state index in [1.807, 2.05) is 30.3 Å². The molecule has 162 valence electrons. The van der Waals surface area contributed by atoms with Crippen molar-refractivity contribution in [2.24, 2.45) is 0 Å². The largest absolute Gasteiger partial charge is 0.466 e. The molecule has 30 heavy (non-hydrogen) atoms. The highest BCUT2D eigenvalue weighted by atomic mass is 32.1. The predicted octanol–water partition coefficient (Wildman–Crippen LogP) is 0.665. The number of hydrogen-bond donors (Lipinski definition) is 2.